The van der Waals surface area contributed by atoms with Crippen molar-refractivity contribution >= 4 is 17.9 Å². The van der Waals surface area contributed by atoms with Gasteiger partial charge in [-0.15, -0.1) is 0 Å². The first-order valence-corrected chi connectivity index (χ1v) is 11.7. The van der Waals surface area contributed by atoms with Gasteiger partial charge in [0.15, 0.2) is 5.82 Å². The molecule has 0 amide bonds. The summed E-state index contributed by atoms with van der Waals surface area (Å²) in [5.41, 5.74) is 4.25. The molecule has 2 unspecified atom stereocenters. The van der Waals surface area contributed by atoms with Crippen molar-refractivity contribution in [1.82, 2.24) is 15.2 Å². The summed E-state index contributed by atoms with van der Waals surface area (Å²) in [7, 11) is 0. The van der Waals surface area contributed by atoms with Crippen molar-refractivity contribution in [3.63, 3.8) is 0 Å². The van der Waals surface area contributed by atoms with Crippen LogP contribution in [0.25, 0.3) is 0 Å². The number of morpholine rings is 2. The lowest BCUT2D eigenvalue weighted by Crippen LogP contribution is -2.38. The van der Waals surface area contributed by atoms with Gasteiger partial charge in [-0.05, 0) is 5.57 Å². The van der Waals surface area contributed by atoms with E-state index in [9.17, 15) is 0 Å². The molecule has 0 bridgehead atoms. The molecule has 2 N–H and O–H groups in total. The summed E-state index contributed by atoms with van der Waals surface area (Å²) in [5, 5.41) is 7.85. The second kappa shape index (κ2) is 10.8. The average Bonchev–Trinajstić information content (AvgIpc) is 3.28. The number of hydrogen-bond acceptors (Lipinski definition) is 9. The van der Waals surface area contributed by atoms with Crippen LogP contribution in [0.5, 0.6) is 5.75 Å². The summed E-state index contributed by atoms with van der Waals surface area (Å²) in [4.78, 5) is 9.37. The van der Waals surface area contributed by atoms with Crippen molar-refractivity contribution in [1.29, 1.82) is 0 Å². The van der Waals surface area contributed by atoms with Crippen LogP contribution in [0.1, 0.15) is 0 Å². The van der Waals surface area contributed by atoms with E-state index in [0.717, 1.165) is 63.1 Å². The summed E-state index contributed by atoms with van der Waals surface area (Å²) in [5.74, 6) is 2.65. The second-order valence-corrected chi connectivity index (χ2v) is 8.45. The number of rotatable bonds is 8. The first-order chi connectivity index (χ1) is 16.3. The highest BCUT2D eigenvalue weighted by molar-refractivity contribution is 5.81. The predicted octanol–water partition coefficient (Wildman–Crippen LogP) is 1.62. The Kier molecular flexibility index (Phi) is 7.20. The van der Waals surface area contributed by atoms with Gasteiger partial charge in [0.2, 0.25) is 0 Å². The minimum atomic E-state index is 0.311. The van der Waals surface area contributed by atoms with E-state index in [-0.39, 0.29) is 0 Å². The zero-order valence-corrected chi connectivity index (χ0v) is 18.9. The van der Waals surface area contributed by atoms with Crippen LogP contribution < -0.4 is 20.4 Å². The van der Waals surface area contributed by atoms with Gasteiger partial charge in [-0.1, -0.05) is 24.3 Å². The molecule has 4 aliphatic rings. The van der Waals surface area contributed by atoms with Gasteiger partial charge in [0, 0.05) is 57.0 Å². The maximum atomic E-state index is 6.12. The van der Waals surface area contributed by atoms with Crippen LogP contribution in [0.4, 0.5) is 11.6 Å². The number of nitrogens with zero attached hydrogens (tertiary/aromatic N) is 4. The molecule has 9 heteroatoms. The molecule has 0 spiro atoms. The normalized spacial score (nSPS) is 25.1. The standard InChI is InChI=1S/C24H32N6O3/c1-2-4-22-21(3-1)19(17-25-22)18-26-28-23-15-20(33-14-7-29-5-10-31-11-6-29)16-24(27-23)30-8-12-32-13-9-30/h1-4,15-18,21-22,25H,5-14H2,(H,27,28)/b26-18+. The highest BCUT2D eigenvalue weighted by Gasteiger charge is 2.25. The van der Waals surface area contributed by atoms with E-state index >= 15 is 0 Å². The smallest absolute Gasteiger partial charge is 0.152 e. The fraction of sp³-hybridized carbons (Fsp3) is 0.500. The van der Waals surface area contributed by atoms with Crippen molar-refractivity contribution in [3.8, 4) is 5.75 Å². The Morgan fingerprint density at radius 3 is 2.73 bits per heavy atom. The molecule has 9 nitrogen and oxygen atoms in total. The van der Waals surface area contributed by atoms with Crippen LogP contribution in [0.3, 0.4) is 0 Å². The highest BCUT2D eigenvalue weighted by Crippen LogP contribution is 2.26. The van der Waals surface area contributed by atoms with E-state index in [2.05, 4.69) is 49.9 Å². The quantitative estimate of drug-likeness (QED) is 0.455. The Morgan fingerprint density at radius 2 is 1.88 bits per heavy atom. The molecule has 4 heterocycles. The predicted molar refractivity (Wildman–Crippen MR) is 129 cm³/mol. The minimum Gasteiger partial charge on any atom is -0.492 e. The van der Waals surface area contributed by atoms with Crippen molar-refractivity contribution in [2.24, 2.45) is 11.0 Å². The summed E-state index contributed by atoms with van der Waals surface area (Å²) in [6, 6.07) is 4.23. The SMILES string of the molecule is C1=CC2NC=C(/C=N/Nc3cc(OCCN4CCOCC4)cc(N4CCOCC4)n3)C2C=C1. The van der Waals surface area contributed by atoms with Gasteiger partial charge in [-0.25, -0.2) is 4.98 Å². The first kappa shape index (κ1) is 21.9. The molecule has 0 radical (unpaired) electrons. The zero-order chi connectivity index (χ0) is 22.3. The van der Waals surface area contributed by atoms with Gasteiger partial charge in [0.25, 0.3) is 0 Å². The summed E-state index contributed by atoms with van der Waals surface area (Å²) in [6.07, 6.45) is 12.4. The lowest BCUT2D eigenvalue weighted by Gasteiger charge is -2.28. The van der Waals surface area contributed by atoms with E-state index < -0.39 is 0 Å². The Labute approximate surface area is 194 Å². The lowest BCUT2D eigenvalue weighted by molar-refractivity contribution is 0.0322. The summed E-state index contributed by atoms with van der Waals surface area (Å²) in [6.45, 7) is 8.04. The number of aromatic nitrogens is 1. The van der Waals surface area contributed by atoms with Crippen molar-refractivity contribution in [2.75, 3.05) is 76.1 Å². The third-order valence-electron chi connectivity index (χ3n) is 6.26. The number of nitrogens with one attached hydrogen (secondary N) is 2. The fourth-order valence-electron chi connectivity index (χ4n) is 4.37. The Morgan fingerprint density at radius 1 is 1.09 bits per heavy atom. The van der Waals surface area contributed by atoms with Gasteiger partial charge in [-0.2, -0.15) is 5.10 Å². The minimum absolute atomic E-state index is 0.311. The molecule has 3 aliphatic heterocycles. The Bertz CT molecular complexity index is 919. The second-order valence-electron chi connectivity index (χ2n) is 8.45. The highest BCUT2D eigenvalue weighted by atomic mass is 16.5. The number of ether oxygens (including phenoxy) is 3. The number of hydrogen-bond donors (Lipinski definition) is 2. The Hall–Kier alpha value is -2.88. The average molecular weight is 453 g/mol. The number of anilines is 2. The molecular weight excluding hydrogens is 420 g/mol. The summed E-state index contributed by atoms with van der Waals surface area (Å²) < 4.78 is 17.0. The van der Waals surface area contributed by atoms with Crippen LogP contribution in [-0.2, 0) is 9.47 Å². The molecule has 1 aliphatic carbocycles. The first-order valence-electron chi connectivity index (χ1n) is 11.7. The maximum absolute atomic E-state index is 6.12. The molecule has 2 fully saturated rings. The van der Waals surface area contributed by atoms with Gasteiger partial charge in [0.05, 0.1) is 38.7 Å². The molecule has 0 aromatic carbocycles. The molecular formula is C24H32N6O3. The van der Waals surface area contributed by atoms with E-state index in [4.69, 9.17) is 19.2 Å². The largest absolute Gasteiger partial charge is 0.492 e. The monoisotopic (exact) mass is 452 g/mol. The van der Waals surface area contributed by atoms with Crippen molar-refractivity contribution in [2.45, 2.75) is 6.04 Å². The topological polar surface area (TPSA) is 83.5 Å². The molecule has 33 heavy (non-hydrogen) atoms. The van der Waals surface area contributed by atoms with Crippen LogP contribution in [0, 0.1) is 5.92 Å². The van der Waals surface area contributed by atoms with Crippen molar-refractivity contribution in [3.05, 3.63) is 48.2 Å². The number of fused-ring (bicyclic) bond motifs is 1. The van der Waals surface area contributed by atoms with E-state index in [1.165, 1.54) is 0 Å². The maximum Gasteiger partial charge on any atom is 0.152 e. The third-order valence-corrected chi connectivity index (χ3v) is 6.26. The van der Waals surface area contributed by atoms with Gasteiger partial charge < -0.3 is 24.4 Å². The van der Waals surface area contributed by atoms with Crippen LogP contribution in [-0.4, -0.2) is 87.9 Å². The molecule has 1 aromatic rings. The van der Waals surface area contributed by atoms with Gasteiger partial charge in [0.1, 0.15) is 18.2 Å². The van der Waals surface area contributed by atoms with Gasteiger partial charge >= 0.3 is 0 Å². The Balaban J connectivity index is 1.24. The summed E-state index contributed by atoms with van der Waals surface area (Å²) >= 11 is 0. The van der Waals surface area contributed by atoms with Crippen LogP contribution in [0.2, 0.25) is 0 Å². The van der Waals surface area contributed by atoms with E-state index in [1.807, 2.05) is 24.5 Å². The van der Waals surface area contributed by atoms with Gasteiger partial charge in [-0.3, -0.25) is 10.3 Å². The number of hydrazone groups is 1. The lowest BCUT2D eigenvalue weighted by atomic mass is 9.92. The molecule has 2 saturated heterocycles. The van der Waals surface area contributed by atoms with E-state index in [0.29, 0.717) is 37.6 Å². The van der Waals surface area contributed by atoms with Crippen LogP contribution >= 0.6 is 0 Å². The third kappa shape index (κ3) is 5.73. The molecule has 5 rings (SSSR count). The zero-order valence-electron chi connectivity index (χ0n) is 18.9. The fourth-order valence-corrected chi connectivity index (χ4v) is 4.37. The number of allylic oxidation sites excluding steroid dienone is 2. The molecule has 1 aromatic heterocycles. The molecule has 2 atom stereocenters. The van der Waals surface area contributed by atoms with Crippen LogP contribution in [0.15, 0.2) is 53.3 Å². The molecule has 176 valence electrons. The van der Waals surface area contributed by atoms with Crippen molar-refractivity contribution < 1.29 is 14.2 Å². The molecule has 0 saturated carbocycles. The van der Waals surface area contributed by atoms with E-state index in [1.54, 1.807) is 0 Å². The number of pyridine rings is 1.